The van der Waals surface area contributed by atoms with E-state index < -0.39 is 0 Å². The molecule has 0 spiro atoms. The fraction of sp³-hybridized carbons (Fsp3) is 0.632. The van der Waals surface area contributed by atoms with Gasteiger partial charge in [0.1, 0.15) is 5.75 Å². The molecule has 3 aliphatic heterocycles. The number of nitrogens with zero attached hydrogens (tertiary/aromatic N) is 3. The molecule has 3 fully saturated rings. The molecule has 1 N–H and O–H groups in total. The maximum Gasteiger partial charge on any atom is 0.240 e. The number of benzene rings is 1. The number of amides is 1. The molecule has 0 saturated carbocycles. The molecule has 1 aromatic carbocycles. The van der Waals surface area contributed by atoms with Crippen LogP contribution in [-0.2, 0) is 4.79 Å². The summed E-state index contributed by atoms with van der Waals surface area (Å²) in [6.07, 6.45) is 0.947. The van der Waals surface area contributed by atoms with E-state index in [0.29, 0.717) is 11.9 Å². The van der Waals surface area contributed by atoms with Crippen molar-refractivity contribution >= 4 is 60.6 Å². The summed E-state index contributed by atoms with van der Waals surface area (Å²) in [4.78, 5) is 19.6. The summed E-state index contributed by atoms with van der Waals surface area (Å²) >= 11 is 1.85. The van der Waals surface area contributed by atoms with Crippen LogP contribution in [0.5, 0.6) is 5.75 Å². The number of carbonyl (C=O) groups excluding carboxylic acids is 1. The van der Waals surface area contributed by atoms with Crippen LogP contribution in [0.3, 0.4) is 0 Å². The zero-order chi connectivity index (χ0) is 17.9. The van der Waals surface area contributed by atoms with Crippen LogP contribution < -0.4 is 15.0 Å². The highest BCUT2D eigenvalue weighted by atomic mass is 35.5. The second-order valence-electron chi connectivity index (χ2n) is 7.21. The van der Waals surface area contributed by atoms with Gasteiger partial charge in [0.05, 0.1) is 19.0 Å². The number of anilines is 1. The van der Waals surface area contributed by atoms with Gasteiger partial charge in [-0.05, 0) is 30.7 Å². The summed E-state index contributed by atoms with van der Waals surface area (Å²) in [6.45, 7) is 6.01. The zero-order valence-corrected chi connectivity index (χ0v) is 19.9. The Bertz CT molecular complexity index is 626. The highest BCUT2D eigenvalue weighted by Crippen LogP contribution is 2.24. The Labute approximate surface area is 196 Å². The molecule has 166 valence electrons. The van der Waals surface area contributed by atoms with Crippen LogP contribution in [0.15, 0.2) is 24.3 Å². The van der Waals surface area contributed by atoms with Gasteiger partial charge in [0.15, 0.2) is 0 Å². The van der Waals surface area contributed by atoms with Crippen LogP contribution in [0.4, 0.5) is 5.69 Å². The monoisotopic (exact) mass is 484 g/mol. The van der Waals surface area contributed by atoms with E-state index in [0.717, 1.165) is 63.1 Å². The third kappa shape index (κ3) is 6.21. The van der Waals surface area contributed by atoms with Crippen molar-refractivity contribution in [1.82, 2.24) is 15.1 Å². The van der Waals surface area contributed by atoms with Crippen molar-refractivity contribution < 1.29 is 9.53 Å². The number of nitrogens with one attached hydrogen (secondary N) is 1. The molecule has 0 bridgehead atoms. The lowest BCUT2D eigenvalue weighted by Gasteiger charge is -2.39. The van der Waals surface area contributed by atoms with Gasteiger partial charge in [-0.1, -0.05) is 0 Å². The molecule has 3 heterocycles. The average Bonchev–Trinajstić information content (AvgIpc) is 3.40. The van der Waals surface area contributed by atoms with E-state index in [2.05, 4.69) is 27.2 Å². The third-order valence-electron chi connectivity index (χ3n) is 5.74. The predicted molar refractivity (Wildman–Crippen MR) is 128 cm³/mol. The van der Waals surface area contributed by atoms with Gasteiger partial charge in [0.25, 0.3) is 0 Å². The Balaban J connectivity index is 0.00000140. The molecule has 0 unspecified atom stereocenters. The summed E-state index contributed by atoms with van der Waals surface area (Å²) in [6, 6.07) is 8.81. The van der Waals surface area contributed by atoms with Gasteiger partial charge in [-0.25, -0.2) is 0 Å². The molecule has 10 heteroatoms. The Hall–Kier alpha value is -0.570. The molecule has 1 aromatic rings. The molecule has 6 nitrogen and oxygen atoms in total. The number of halogens is 3. The maximum atomic E-state index is 12.6. The average molecular weight is 486 g/mol. The van der Waals surface area contributed by atoms with Crippen LogP contribution >= 0.6 is 49.0 Å². The molecule has 3 saturated heterocycles. The molecule has 1 amide bonds. The molecule has 3 aliphatic rings. The second kappa shape index (κ2) is 12.3. The molecule has 29 heavy (non-hydrogen) atoms. The molecule has 0 aromatic heterocycles. The molecule has 0 radical (unpaired) electrons. The van der Waals surface area contributed by atoms with Crippen LogP contribution in [-0.4, -0.2) is 85.8 Å². The summed E-state index contributed by atoms with van der Waals surface area (Å²) in [5.41, 5.74) is 1.26. The molecule has 2 atom stereocenters. The molecule has 4 rings (SSSR count). The number of methoxy groups -OCH3 is 1. The zero-order valence-electron chi connectivity index (χ0n) is 16.6. The Morgan fingerprint density at radius 3 is 2.34 bits per heavy atom. The minimum absolute atomic E-state index is 0. The normalized spacial score (nSPS) is 24.3. The van der Waals surface area contributed by atoms with Crippen molar-refractivity contribution in [2.24, 2.45) is 0 Å². The van der Waals surface area contributed by atoms with Crippen molar-refractivity contribution in [3.63, 3.8) is 0 Å². The number of carbonyl (C=O) groups is 1. The van der Waals surface area contributed by atoms with E-state index in [-0.39, 0.29) is 43.3 Å². The van der Waals surface area contributed by atoms with Gasteiger partial charge in [-0.15, -0.1) is 49.0 Å². The lowest BCUT2D eigenvalue weighted by atomic mass is 10.1. The van der Waals surface area contributed by atoms with Crippen LogP contribution in [0.25, 0.3) is 0 Å². The number of thioether (sulfide) groups is 1. The van der Waals surface area contributed by atoms with Gasteiger partial charge in [-0.3, -0.25) is 9.69 Å². The smallest absolute Gasteiger partial charge is 0.240 e. The van der Waals surface area contributed by atoms with Gasteiger partial charge in [0, 0.05) is 56.8 Å². The summed E-state index contributed by atoms with van der Waals surface area (Å²) < 4.78 is 5.24. The summed E-state index contributed by atoms with van der Waals surface area (Å²) in [7, 11) is 1.70. The molecular weight excluding hydrogens is 455 g/mol. The first-order valence-corrected chi connectivity index (χ1v) is 10.6. The minimum atomic E-state index is 0. The lowest BCUT2D eigenvalue weighted by Crippen LogP contribution is -2.51. The minimum Gasteiger partial charge on any atom is -0.497 e. The topological polar surface area (TPSA) is 48.1 Å². The van der Waals surface area contributed by atoms with Gasteiger partial charge in [0.2, 0.25) is 5.91 Å². The Morgan fingerprint density at radius 2 is 1.76 bits per heavy atom. The highest BCUT2D eigenvalue weighted by Gasteiger charge is 2.36. The Kier molecular flexibility index (Phi) is 11.2. The van der Waals surface area contributed by atoms with Crippen molar-refractivity contribution in [3.05, 3.63) is 24.3 Å². The first kappa shape index (κ1) is 26.5. The fourth-order valence-corrected chi connectivity index (χ4v) is 5.09. The largest absolute Gasteiger partial charge is 0.497 e. The summed E-state index contributed by atoms with van der Waals surface area (Å²) in [5.74, 6) is 3.14. The van der Waals surface area contributed by atoms with Crippen molar-refractivity contribution in [2.75, 3.05) is 62.9 Å². The first-order valence-electron chi connectivity index (χ1n) is 9.47. The predicted octanol–water partition coefficient (Wildman–Crippen LogP) is 2.35. The molecule has 0 aliphatic carbocycles. The third-order valence-corrected chi connectivity index (χ3v) is 6.70. The highest BCUT2D eigenvalue weighted by molar-refractivity contribution is 7.99. The maximum absolute atomic E-state index is 12.6. The van der Waals surface area contributed by atoms with Crippen LogP contribution in [0, 0.1) is 0 Å². The number of hydrogen-bond donors (Lipinski definition) is 1. The van der Waals surface area contributed by atoms with Gasteiger partial charge in [-0.2, -0.15) is 0 Å². The van der Waals surface area contributed by atoms with E-state index in [1.807, 2.05) is 28.8 Å². The summed E-state index contributed by atoms with van der Waals surface area (Å²) in [5, 5.41) is 3.47. The lowest BCUT2D eigenvalue weighted by molar-refractivity contribution is -0.131. The second-order valence-corrected chi connectivity index (χ2v) is 8.29. The van der Waals surface area contributed by atoms with E-state index >= 15 is 0 Å². The van der Waals surface area contributed by atoms with E-state index in [1.165, 1.54) is 5.69 Å². The van der Waals surface area contributed by atoms with Crippen molar-refractivity contribution in [3.8, 4) is 5.75 Å². The number of ether oxygens (including phenoxy) is 1. The van der Waals surface area contributed by atoms with Gasteiger partial charge < -0.3 is 19.9 Å². The van der Waals surface area contributed by atoms with Crippen LogP contribution in [0.1, 0.15) is 6.42 Å². The quantitative estimate of drug-likeness (QED) is 0.706. The standard InChI is InChI=1S/C19H28N4O2S.3ClH/c1-25-17-4-2-15(3-5-17)21-6-8-22(9-7-21)16-12-18(20-13-16)19(24)23-10-11-26-14-23;;;/h2-5,16,18,20H,6-14H2,1H3;3*1H/t16-,18-;;;/m0.../s1. The van der Waals surface area contributed by atoms with E-state index in [4.69, 9.17) is 4.74 Å². The first-order chi connectivity index (χ1) is 12.7. The SMILES string of the molecule is COc1ccc(N2CCN([C@@H]3CN[C@H](C(=O)N4CCSC4)C3)CC2)cc1.Cl.Cl.Cl. The fourth-order valence-electron chi connectivity index (χ4n) is 4.13. The van der Waals surface area contributed by atoms with Crippen LogP contribution in [0.2, 0.25) is 0 Å². The number of rotatable bonds is 4. The van der Waals surface area contributed by atoms with Crippen molar-refractivity contribution in [2.45, 2.75) is 18.5 Å². The van der Waals surface area contributed by atoms with Crippen molar-refractivity contribution in [1.29, 1.82) is 0 Å². The van der Waals surface area contributed by atoms with Gasteiger partial charge >= 0.3 is 0 Å². The Morgan fingerprint density at radius 1 is 1.07 bits per heavy atom. The van der Waals surface area contributed by atoms with E-state index in [1.54, 1.807) is 7.11 Å². The molecular formula is C19H31Cl3N4O2S. The number of piperazine rings is 1. The van der Waals surface area contributed by atoms with E-state index in [9.17, 15) is 4.79 Å². The number of hydrogen-bond acceptors (Lipinski definition) is 6.